The number of aryl methyl sites for hydroxylation is 1. The molecule has 0 fully saturated rings. The second-order valence-electron chi connectivity index (χ2n) is 3.30. The molecule has 0 spiro atoms. The predicted octanol–water partition coefficient (Wildman–Crippen LogP) is 2.74. The van der Waals surface area contributed by atoms with E-state index in [0.29, 0.717) is 24.5 Å². The molecule has 0 atom stereocenters. The van der Waals surface area contributed by atoms with Gasteiger partial charge in [0.25, 0.3) is 0 Å². The van der Waals surface area contributed by atoms with E-state index in [-0.39, 0.29) is 5.97 Å². The zero-order valence-corrected chi connectivity index (χ0v) is 9.66. The highest BCUT2D eigenvalue weighted by Crippen LogP contribution is 2.20. The number of rotatable bonds is 5. The van der Waals surface area contributed by atoms with Crippen LogP contribution < -0.4 is 4.74 Å². The van der Waals surface area contributed by atoms with Crippen molar-refractivity contribution < 1.29 is 14.3 Å². The van der Waals surface area contributed by atoms with E-state index in [1.54, 1.807) is 25.1 Å². The summed E-state index contributed by atoms with van der Waals surface area (Å²) in [4.78, 5) is 11.5. The van der Waals surface area contributed by atoms with Crippen molar-refractivity contribution in [1.29, 1.82) is 0 Å². The zero-order valence-electron chi connectivity index (χ0n) is 9.66. The normalized spacial score (nSPS) is 9.62. The first-order valence-electron chi connectivity index (χ1n) is 5.20. The van der Waals surface area contributed by atoms with Crippen LogP contribution in [0.25, 0.3) is 0 Å². The molecular weight excluding hydrogens is 204 g/mol. The topological polar surface area (TPSA) is 35.5 Å². The van der Waals surface area contributed by atoms with Gasteiger partial charge >= 0.3 is 5.97 Å². The first-order chi connectivity index (χ1) is 7.69. The average Bonchev–Trinajstić information content (AvgIpc) is 2.28. The van der Waals surface area contributed by atoms with Gasteiger partial charge in [-0.3, -0.25) is 0 Å². The van der Waals surface area contributed by atoms with Gasteiger partial charge in [0.05, 0.1) is 12.2 Å². The third-order valence-corrected chi connectivity index (χ3v) is 2.06. The minimum absolute atomic E-state index is 0.328. The first kappa shape index (κ1) is 12.3. The molecule has 1 aromatic rings. The fourth-order valence-electron chi connectivity index (χ4n) is 1.25. The molecule has 0 radical (unpaired) electrons. The van der Waals surface area contributed by atoms with Crippen LogP contribution in [-0.2, 0) is 4.74 Å². The lowest BCUT2D eigenvalue weighted by atomic mass is 10.1. The Morgan fingerprint density at radius 1 is 1.50 bits per heavy atom. The van der Waals surface area contributed by atoms with Crippen LogP contribution in [-0.4, -0.2) is 19.2 Å². The minimum Gasteiger partial charge on any atom is -0.489 e. The maximum atomic E-state index is 11.5. The molecule has 0 aromatic heterocycles. The van der Waals surface area contributed by atoms with Crippen LogP contribution in [0.2, 0.25) is 0 Å². The molecular formula is C13H16O3. The Kier molecular flexibility index (Phi) is 4.58. The second kappa shape index (κ2) is 5.95. The summed E-state index contributed by atoms with van der Waals surface area (Å²) in [6.45, 7) is 8.07. The van der Waals surface area contributed by atoms with E-state index < -0.39 is 0 Å². The molecule has 0 heterocycles. The van der Waals surface area contributed by atoms with E-state index in [2.05, 4.69) is 6.58 Å². The highest BCUT2D eigenvalue weighted by atomic mass is 16.5. The largest absolute Gasteiger partial charge is 0.489 e. The quantitative estimate of drug-likeness (QED) is 0.565. The number of esters is 1. The standard InChI is InChI=1S/C13H16O3/c1-4-8-16-12-9-11(7-6-10(12)3)13(14)15-5-2/h4,6-7,9H,1,5,8H2,2-3H3. The summed E-state index contributed by atoms with van der Waals surface area (Å²) in [5.41, 5.74) is 1.49. The van der Waals surface area contributed by atoms with E-state index >= 15 is 0 Å². The van der Waals surface area contributed by atoms with E-state index in [0.717, 1.165) is 5.56 Å². The van der Waals surface area contributed by atoms with Crippen molar-refractivity contribution in [3.63, 3.8) is 0 Å². The van der Waals surface area contributed by atoms with Gasteiger partial charge in [-0.05, 0) is 31.5 Å². The predicted molar refractivity (Wildman–Crippen MR) is 62.8 cm³/mol. The van der Waals surface area contributed by atoms with Gasteiger partial charge in [-0.15, -0.1) is 0 Å². The number of ether oxygens (including phenoxy) is 2. The van der Waals surface area contributed by atoms with Gasteiger partial charge in [-0.25, -0.2) is 4.79 Å². The fraction of sp³-hybridized carbons (Fsp3) is 0.308. The summed E-state index contributed by atoms with van der Waals surface area (Å²) >= 11 is 0. The average molecular weight is 220 g/mol. The second-order valence-corrected chi connectivity index (χ2v) is 3.30. The molecule has 0 amide bonds. The van der Waals surface area contributed by atoms with Crippen molar-refractivity contribution in [2.24, 2.45) is 0 Å². The highest BCUT2D eigenvalue weighted by Gasteiger charge is 2.09. The molecule has 86 valence electrons. The number of benzene rings is 1. The van der Waals surface area contributed by atoms with E-state index in [9.17, 15) is 4.79 Å². The maximum Gasteiger partial charge on any atom is 0.338 e. The van der Waals surface area contributed by atoms with Crippen LogP contribution in [0.1, 0.15) is 22.8 Å². The molecule has 0 saturated heterocycles. The number of hydrogen-bond donors (Lipinski definition) is 0. The molecule has 3 nitrogen and oxygen atoms in total. The Balaban J connectivity index is 2.88. The minimum atomic E-state index is -0.328. The van der Waals surface area contributed by atoms with Crippen molar-refractivity contribution in [3.8, 4) is 5.75 Å². The molecule has 1 rings (SSSR count). The van der Waals surface area contributed by atoms with Gasteiger partial charge in [-0.2, -0.15) is 0 Å². The summed E-state index contributed by atoms with van der Waals surface area (Å²) in [5.74, 6) is 0.358. The summed E-state index contributed by atoms with van der Waals surface area (Å²) < 4.78 is 10.3. The highest BCUT2D eigenvalue weighted by molar-refractivity contribution is 5.90. The summed E-state index contributed by atoms with van der Waals surface area (Å²) in [7, 11) is 0. The lowest BCUT2D eigenvalue weighted by Crippen LogP contribution is -2.05. The molecule has 3 heteroatoms. The molecule has 0 unspecified atom stereocenters. The number of carbonyl (C=O) groups excluding carboxylic acids is 1. The van der Waals surface area contributed by atoms with Crippen LogP contribution in [0.5, 0.6) is 5.75 Å². The molecule has 0 saturated carbocycles. The maximum absolute atomic E-state index is 11.5. The number of carbonyl (C=O) groups is 1. The van der Waals surface area contributed by atoms with Crippen LogP contribution in [0.4, 0.5) is 0 Å². The molecule has 0 aliphatic rings. The van der Waals surface area contributed by atoms with E-state index in [4.69, 9.17) is 9.47 Å². The molecule has 16 heavy (non-hydrogen) atoms. The Bertz CT molecular complexity index is 383. The van der Waals surface area contributed by atoms with E-state index in [1.807, 2.05) is 13.0 Å². The molecule has 1 aromatic carbocycles. The van der Waals surface area contributed by atoms with Gasteiger partial charge in [0.15, 0.2) is 0 Å². The third-order valence-electron chi connectivity index (χ3n) is 2.06. The summed E-state index contributed by atoms with van der Waals surface area (Å²) in [5, 5.41) is 0. The van der Waals surface area contributed by atoms with Crippen molar-refractivity contribution in [2.75, 3.05) is 13.2 Å². The SMILES string of the molecule is C=CCOc1cc(C(=O)OCC)ccc1C. The van der Waals surface area contributed by atoms with Crippen molar-refractivity contribution in [3.05, 3.63) is 42.0 Å². The lowest BCUT2D eigenvalue weighted by Gasteiger charge is -2.09. The Morgan fingerprint density at radius 2 is 2.25 bits per heavy atom. The van der Waals surface area contributed by atoms with Crippen LogP contribution >= 0.6 is 0 Å². The molecule has 0 aliphatic carbocycles. The zero-order chi connectivity index (χ0) is 12.0. The lowest BCUT2D eigenvalue weighted by molar-refractivity contribution is 0.0526. The summed E-state index contributed by atoms with van der Waals surface area (Å²) in [6.07, 6.45) is 1.66. The van der Waals surface area contributed by atoms with Crippen molar-refractivity contribution in [1.82, 2.24) is 0 Å². The van der Waals surface area contributed by atoms with Crippen LogP contribution in [0, 0.1) is 6.92 Å². The monoisotopic (exact) mass is 220 g/mol. The summed E-state index contributed by atoms with van der Waals surface area (Å²) in [6, 6.07) is 5.26. The van der Waals surface area contributed by atoms with E-state index in [1.165, 1.54) is 0 Å². The van der Waals surface area contributed by atoms with Gasteiger partial charge in [0, 0.05) is 0 Å². The first-order valence-corrected chi connectivity index (χ1v) is 5.20. The van der Waals surface area contributed by atoms with Crippen LogP contribution in [0.15, 0.2) is 30.9 Å². The van der Waals surface area contributed by atoms with Gasteiger partial charge in [-0.1, -0.05) is 18.7 Å². The molecule has 0 bridgehead atoms. The molecule has 0 N–H and O–H groups in total. The Hall–Kier alpha value is -1.77. The molecule has 0 aliphatic heterocycles. The smallest absolute Gasteiger partial charge is 0.338 e. The van der Waals surface area contributed by atoms with Crippen LogP contribution in [0.3, 0.4) is 0 Å². The third kappa shape index (κ3) is 3.12. The van der Waals surface area contributed by atoms with Gasteiger partial charge in [0.2, 0.25) is 0 Å². The fourth-order valence-corrected chi connectivity index (χ4v) is 1.25. The Labute approximate surface area is 95.7 Å². The van der Waals surface area contributed by atoms with Crippen molar-refractivity contribution in [2.45, 2.75) is 13.8 Å². The van der Waals surface area contributed by atoms with Crippen molar-refractivity contribution >= 4 is 5.97 Å². The number of hydrogen-bond acceptors (Lipinski definition) is 3. The van der Waals surface area contributed by atoms with Gasteiger partial charge < -0.3 is 9.47 Å². The van der Waals surface area contributed by atoms with Gasteiger partial charge in [0.1, 0.15) is 12.4 Å². The Morgan fingerprint density at radius 3 is 2.88 bits per heavy atom.